The normalized spacial score (nSPS) is 10.9. The van der Waals surface area contributed by atoms with Gasteiger partial charge >= 0.3 is 12.1 Å². The van der Waals surface area contributed by atoms with Crippen LogP contribution in [0, 0.1) is 6.92 Å². The van der Waals surface area contributed by atoms with Gasteiger partial charge in [0.05, 0.1) is 16.3 Å². The smallest absolute Gasteiger partial charge is 0.409 e. The largest absolute Gasteiger partial charge is 0.480 e. The molecular weight excluding hydrogens is 390 g/mol. The first-order valence-corrected chi connectivity index (χ1v) is 9.57. The third kappa shape index (κ3) is 3.70. The maximum Gasteiger partial charge on any atom is 0.409 e. The molecule has 0 aliphatic heterocycles. The van der Waals surface area contributed by atoms with E-state index in [0.29, 0.717) is 11.4 Å². The van der Waals surface area contributed by atoms with Gasteiger partial charge in [-0.15, -0.1) is 0 Å². The first-order chi connectivity index (χ1) is 13.9. The molecule has 146 valence electrons. The highest BCUT2D eigenvalue weighted by Crippen LogP contribution is 2.36. The highest BCUT2D eigenvalue weighted by Gasteiger charge is 2.15. The minimum Gasteiger partial charge on any atom is -0.480 e. The zero-order chi connectivity index (χ0) is 20.5. The number of aryl methyl sites for hydroxylation is 1. The lowest BCUT2D eigenvalue weighted by Gasteiger charge is -2.07. The second-order valence-electron chi connectivity index (χ2n) is 6.59. The molecular formula is C21H17N3O4S. The molecule has 3 N–H and O–H groups in total. The molecule has 1 amide bonds. The Labute approximate surface area is 170 Å². The molecule has 0 atom stereocenters. The zero-order valence-electron chi connectivity index (χ0n) is 15.4. The fraction of sp³-hybridized carbons (Fsp3) is 0.0952. The second-order valence-corrected chi connectivity index (χ2v) is 7.36. The van der Waals surface area contributed by atoms with E-state index in [-0.39, 0.29) is 6.54 Å². The predicted octanol–water partition coefficient (Wildman–Crippen LogP) is 4.91. The van der Waals surface area contributed by atoms with Crippen LogP contribution in [0.5, 0.6) is 0 Å². The Balaban J connectivity index is 1.65. The molecule has 2 aromatic carbocycles. The lowest BCUT2D eigenvalue weighted by molar-refractivity contribution is -0.137. The molecule has 8 heteroatoms. The standard InChI is InChI=1S/C21H17N3O4S/c1-12-19(22-21(27)28)20(29-23-12)14-4-2-13(3-5-14)15-6-7-17-16(10-15)8-9-24(17)11-18(25)26/h2-10,22H,11H2,1H3,(H,25,26)(H,27,28). The SMILES string of the molecule is Cc1nsc(-c2ccc(-c3ccc4c(ccn4CC(=O)O)c3)cc2)c1NC(=O)O. The second kappa shape index (κ2) is 7.40. The molecule has 0 fully saturated rings. The van der Waals surface area contributed by atoms with Crippen molar-refractivity contribution >= 4 is 40.2 Å². The molecule has 2 aromatic heterocycles. The minimum absolute atomic E-state index is 0.0709. The topological polar surface area (TPSA) is 104 Å². The Morgan fingerprint density at radius 2 is 1.72 bits per heavy atom. The lowest BCUT2D eigenvalue weighted by atomic mass is 10.0. The number of rotatable bonds is 5. The van der Waals surface area contributed by atoms with Crippen LogP contribution in [-0.2, 0) is 11.3 Å². The van der Waals surface area contributed by atoms with Gasteiger partial charge < -0.3 is 14.8 Å². The minimum atomic E-state index is -1.12. The van der Waals surface area contributed by atoms with Crippen LogP contribution in [0.1, 0.15) is 5.69 Å². The summed E-state index contributed by atoms with van der Waals surface area (Å²) < 4.78 is 5.96. The summed E-state index contributed by atoms with van der Waals surface area (Å²) in [5.41, 5.74) is 4.94. The monoisotopic (exact) mass is 407 g/mol. The van der Waals surface area contributed by atoms with E-state index in [1.807, 2.05) is 48.5 Å². The highest BCUT2D eigenvalue weighted by molar-refractivity contribution is 7.10. The summed E-state index contributed by atoms with van der Waals surface area (Å²) in [6.07, 6.45) is 0.656. The van der Waals surface area contributed by atoms with Crippen molar-refractivity contribution in [2.75, 3.05) is 5.32 Å². The van der Waals surface area contributed by atoms with E-state index in [4.69, 9.17) is 10.2 Å². The molecule has 0 saturated heterocycles. The first-order valence-electron chi connectivity index (χ1n) is 8.80. The molecule has 0 spiro atoms. The molecule has 0 saturated carbocycles. The van der Waals surface area contributed by atoms with Gasteiger partial charge in [-0.1, -0.05) is 30.3 Å². The number of fused-ring (bicyclic) bond motifs is 1. The summed E-state index contributed by atoms with van der Waals surface area (Å²) in [4.78, 5) is 22.8. The van der Waals surface area contributed by atoms with Gasteiger partial charge in [0.15, 0.2) is 0 Å². The van der Waals surface area contributed by atoms with Gasteiger partial charge in [0.25, 0.3) is 0 Å². The average Bonchev–Trinajstić information content (AvgIpc) is 3.25. The third-order valence-electron chi connectivity index (χ3n) is 4.65. The lowest BCUT2D eigenvalue weighted by Crippen LogP contribution is -2.08. The Morgan fingerprint density at radius 1 is 1.03 bits per heavy atom. The average molecular weight is 407 g/mol. The van der Waals surface area contributed by atoms with Crippen molar-refractivity contribution in [2.45, 2.75) is 13.5 Å². The number of benzene rings is 2. The molecule has 4 aromatic rings. The van der Waals surface area contributed by atoms with E-state index in [1.165, 1.54) is 11.5 Å². The summed E-state index contributed by atoms with van der Waals surface area (Å²) in [5, 5.41) is 21.4. The van der Waals surface area contributed by atoms with E-state index < -0.39 is 12.1 Å². The number of aromatic nitrogens is 2. The maximum atomic E-state index is 11.0. The van der Waals surface area contributed by atoms with Crippen molar-refractivity contribution in [3.05, 3.63) is 60.4 Å². The van der Waals surface area contributed by atoms with Crippen molar-refractivity contribution in [1.29, 1.82) is 0 Å². The molecule has 0 unspecified atom stereocenters. The van der Waals surface area contributed by atoms with E-state index in [9.17, 15) is 9.59 Å². The van der Waals surface area contributed by atoms with Gasteiger partial charge in [0.2, 0.25) is 0 Å². The van der Waals surface area contributed by atoms with Crippen LogP contribution in [0.4, 0.5) is 10.5 Å². The molecule has 0 aliphatic carbocycles. The van der Waals surface area contributed by atoms with Crippen LogP contribution in [0.15, 0.2) is 54.7 Å². The van der Waals surface area contributed by atoms with E-state index in [2.05, 4.69) is 9.69 Å². The van der Waals surface area contributed by atoms with Gasteiger partial charge in [0, 0.05) is 17.1 Å². The summed E-state index contributed by atoms with van der Waals surface area (Å²) in [5.74, 6) is -0.878. The van der Waals surface area contributed by atoms with Crippen LogP contribution < -0.4 is 5.32 Å². The number of amides is 1. The molecule has 29 heavy (non-hydrogen) atoms. The fourth-order valence-corrected chi connectivity index (χ4v) is 4.15. The number of carbonyl (C=O) groups is 2. The summed E-state index contributed by atoms with van der Waals surface area (Å²) in [6.45, 7) is 1.70. The molecule has 7 nitrogen and oxygen atoms in total. The molecule has 2 heterocycles. The first kappa shape index (κ1) is 18.7. The number of aliphatic carboxylic acids is 1. The molecule has 0 radical (unpaired) electrons. The van der Waals surface area contributed by atoms with E-state index in [1.54, 1.807) is 17.7 Å². The molecule has 0 aliphatic rings. The van der Waals surface area contributed by atoms with Gasteiger partial charge in [-0.3, -0.25) is 10.1 Å². The molecule has 0 bridgehead atoms. The van der Waals surface area contributed by atoms with Crippen molar-refractivity contribution in [3.63, 3.8) is 0 Å². The fourth-order valence-electron chi connectivity index (χ4n) is 3.30. The maximum absolute atomic E-state index is 11.0. The number of anilines is 1. The van der Waals surface area contributed by atoms with Crippen LogP contribution in [-0.4, -0.2) is 31.2 Å². The van der Waals surface area contributed by atoms with Gasteiger partial charge in [0.1, 0.15) is 6.54 Å². The van der Waals surface area contributed by atoms with Crippen molar-refractivity contribution in [1.82, 2.24) is 8.94 Å². The number of nitrogens with zero attached hydrogens (tertiary/aromatic N) is 2. The predicted molar refractivity (Wildman–Crippen MR) is 113 cm³/mol. The Morgan fingerprint density at radius 3 is 2.41 bits per heavy atom. The van der Waals surface area contributed by atoms with Gasteiger partial charge in [-0.05, 0) is 53.3 Å². The van der Waals surface area contributed by atoms with Crippen molar-refractivity contribution < 1.29 is 19.8 Å². The van der Waals surface area contributed by atoms with Gasteiger partial charge in [-0.2, -0.15) is 4.37 Å². The summed E-state index contributed by atoms with van der Waals surface area (Å²) in [7, 11) is 0. The van der Waals surface area contributed by atoms with Crippen molar-refractivity contribution in [3.8, 4) is 21.6 Å². The Hall–Kier alpha value is -3.65. The van der Waals surface area contributed by atoms with Crippen LogP contribution in [0.2, 0.25) is 0 Å². The van der Waals surface area contributed by atoms with Crippen LogP contribution >= 0.6 is 11.5 Å². The van der Waals surface area contributed by atoms with E-state index >= 15 is 0 Å². The molecule has 4 rings (SSSR count). The number of carboxylic acid groups (broad SMARTS) is 2. The highest BCUT2D eigenvalue weighted by atomic mass is 32.1. The van der Waals surface area contributed by atoms with Crippen LogP contribution in [0.3, 0.4) is 0 Å². The van der Waals surface area contributed by atoms with Gasteiger partial charge in [-0.25, -0.2) is 4.79 Å². The zero-order valence-corrected chi connectivity index (χ0v) is 16.2. The summed E-state index contributed by atoms with van der Waals surface area (Å²) >= 11 is 1.26. The Bertz CT molecular complexity index is 1220. The van der Waals surface area contributed by atoms with E-state index in [0.717, 1.165) is 32.5 Å². The van der Waals surface area contributed by atoms with Crippen molar-refractivity contribution in [2.24, 2.45) is 0 Å². The number of carboxylic acids is 1. The van der Waals surface area contributed by atoms with Crippen LogP contribution in [0.25, 0.3) is 32.5 Å². The summed E-state index contributed by atoms with van der Waals surface area (Å²) in [6, 6.07) is 15.6. The number of hydrogen-bond donors (Lipinski definition) is 3. The Kier molecular flexibility index (Phi) is 4.77. The quantitative estimate of drug-likeness (QED) is 0.436. The number of hydrogen-bond acceptors (Lipinski definition) is 4. The number of nitrogens with one attached hydrogen (secondary N) is 1. The third-order valence-corrected chi connectivity index (χ3v) is 5.64.